The van der Waals surface area contributed by atoms with Gasteiger partial charge in [0.1, 0.15) is 0 Å². The summed E-state index contributed by atoms with van der Waals surface area (Å²) >= 11 is 0. The van der Waals surface area contributed by atoms with Gasteiger partial charge in [0.25, 0.3) is 5.91 Å². The highest BCUT2D eigenvalue weighted by Crippen LogP contribution is 2.41. The van der Waals surface area contributed by atoms with Gasteiger partial charge in [0, 0.05) is 12.7 Å². The summed E-state index contributed by atoms with van der Waals surface area (Å²) in [7, 11) is 1.67. The zero-order valence-corrected chi connectivity index (χ0v) is 12.8. The van der Waals surface area contributed by atoms with Gasteiger partial charge in [-0.15, -0.1) is 0 Å². The summed E-state index contributed by atoms with van der Waals surface area (Å²) < 4.78 is 5.09. The summed E-state index contributed by atoms with van der Waals surface area (Å²) in [5, 5.41) is 3.24. The summed E-state index contributed by atoms with van der Waals surface area (Å²) in [6.45, 7) is 0.565. The molecule has 1 amide bonds. The lowest BCUT2D eigenvalue weighted by Crippen LogP contribution is -2.50. The van der Waals surface area contributed by atoms with E-state index < -0.39 is 0 Å². The van der Waals surface area contributed by atoms with Crippen LogP contribution in [0, 0.1) is 0 Å². The summed E-state index contributed by atoms with van der Waals surface area (Å²) in [6, 6.07) is 17.9. The lowest BCUT2D eigenvalue weighted by atomic mass is 9.71. The molecule has 1 N–H and O–H groups in total. The maximum absolute atomic E-state index is 12.6. The van der Waals surface area contributed by atoms with E-state index in [1.807, 2.05) is 42.5 Å². The Morgan fingerprint density at radius 1 is 1.09 bits per heavy atom. The molecule has 22 heavy (non-hydrogen) atoms. The number of amides is 1. The second-order valence-corrected chi connectivity index (χ2v) is 5.89. The van der Waals surface area contributed by atoms with E-state index in [-0.39, 0.29) is 11.4 Å². The van der Waals surface area contributed by atoms with Crippen molar-refractivity contribution in [1.82, 2.24) is 5.32 Å². The van der Waals surface area contributed by atoms with E-state index in [9.17, 15) is 4.79 Å². The number of hydrogen-bond acceptors (Lipinski definition) is 2. The van der Waals surface area contributed by atoms with Crippen LogP contribution in [-0.2, 0) is 16.9 Å². The van der Waals surface area contributed by atoms with Crippen molar-refractivity contribution in [3.05, 3.63) is 71.3 Å². The molecule has 1 saturated carbocycles. The highest BCUT2D eigenvalue weighted by Gasteiger charge is 2.39. The van der Waals surface area contributed by atoms with E-state index in [4.69, 9.17) is 4.74 Å². The number of ether oxygens (including phenoxy) is 1. The fourth-order valence-corrected chi connectivity index (χ4v) is 2.98. The van der Waals surface area contributed by atoms with Crippen LogP contribution in [0.2, 0.25) is 0 Å². The van der Waals surface area contributed by atoms with Crippen molar-refractivity contribution < 1.29 is 9.53 Å². The van der Waals surface area contributed by atoms with Crippen LogP contribution in [0.3, 0.4) is 0 Å². The van der Waals surface area contributed by atoms with Crippen molar-refractivity contribution in [2.24, 2.45) is 0 Å². The fourth-order valence-electron chi connectivity index (χ4n) is 2.98. The summed E-state index contributed by atoms with van der Waals surface area (Å²) in [5.74, 6) is -0.00693. The van der Waals surface area contributed by atoms with Crippen LogP contribution >= 0.6 is 0 Å². The molecule has 0 saturated heterocycles. The Labute approximate surface area is 131 Å². The van der Waals surface area contributed by atoms with Crippen molar-refractivity contribution in [2.45, 2.75) is 31.4 Å². The van der Waals surface area contributed by atoms with Gasteiger partial charge in [0.05, 0.1) is 12.1 Å². The molecule has 0 unspecified atom stereocenters. The molecule has 0 aliphatic heterocycles. The Morgan fingerprint density at radius 3 is 2.32 bits per heavy atom. The topological polar surface area (TPSA) is 38.3 Å². The van der Waals surface area contributed by atoms with Gasteiger partial charge in [-0.05, 0) is 42.5 Å². The summed E-state index contributed by atoms with van der Waals surface area (Å²) in [5.41, 5.74) is 2.77. The van der Waals surface area contributed by atoms with Crippen molar-refractivity contribution in [2.75, 3.05) is 7.11 Å². The summed E-state index contributed by atoms with van der Waals surface area (Å²) in [4.78, 5) is 12.6. The number of carbonyl (C=O) groups excluding carboxylic acids is 1. The van der Waals surface area contributed by atoms with E-state index in [0.29, 0.717) is 12.2 Å². The van der Waals surface area contributed by atoms with Gasteiger partial charge in [-0.25, -0.2) is 0 Å². The normalized spacial score (nSPS) is 15.9. The monoisotopic (exact) mass is 295 g/mol. The first-order chi connectivity index (χ1) is 10.7. The third-order valence-electron chi connectivity index (χ3n) is 4.41. The van der Waals surface area contributed by atoms with Crippen LogP contribution in [0.25, 0.3) is 0 Å². The minimum Gasteiger partial charge on any atom is -0.380 e. The maximum atomic E-state index is 12.6. The SMILES string of the molecule is COCc1ccc(C(=O)NC2(c3ccccc3)CCC2)cc1. The number of rotatable bonds is 5. The Kier molecular flexibility index (Phi) is 4.25. The number of nitrogens with one attached hydrogen (secondary N) is 1. The molecule has 1 fully saturated rings. The number of carbonyl (C=O) groups is 1. The molecule has 3 nitrogen and oxygen atoms in total. The predicted molar refractivity (Wildman–Crippen MR) is 86.6 cm³/mol. The Balaban J connectivity index is 1.75. The van der Waals surface area contributed by atoms with Crippen LogP contribution in [0.4, 0.5) is 0 Å². The van der Waals surface area contributed by atoms with Crippen LogP contribution < -0.4 is 5.32 Å². The van der Waals surface area contributed by atoms with Crippen molar-refractivity contribution in [3.8, 4) is 0 Å². The molecule has 0 atom stereocenters. The van der Waals surface area contributed by atoms with Gasteiger partial charge in [-0.2, -0.15) is 0 Å². The smallest absolute Gasteiger partial charge is 0.251 e. The van der Waals surface area contributed by atoms with Crippen molar-refractivity contribution in [1.29, 1.82) is 0 Å². The Bertz CT molecular complexity index is 630. The van der Waals surface area contributed by atoms with Gasteiger partial charge in [-0.1, -0.05) is 42.5 Å². The second-order valence-electron chi connectivity index (χ2n) is 5.89. The van der Waals surface area contributed by atoms with E-state index >= 15 is 0 Å². The first-order valence-corrected chi connectivity index (χ1v) is 7.69. The van der Waals surface area contributed by atoms with E-state index in [2.05, 4.69) is 17.4 Å². The zero-order chi connectivity index (χ0) is 15.4. The average Bonchev–Trinajstić information content (AvgIpc) is 2.52. The first-order valence-electron chi connectivity index (χ1n) is 7.69. The quantitative estimate of drug-likeness (QED) is 0.914. The van der Waals surface area contributed by atoms with Gasteiger partial charge < -0.3 is 10.1 Å². The average molecular weight is 295 g/mol. The fraction of sp³-hybridized carbons (Fsp3) is 0.316. The number of methoxy groups -OCH3 is 1. The largest absolute Gasteiger partial charge is 0.380 e. The van der Waals surface area contributed by atoms with Gasteiger partial charge in [-0.3, -0.25) is 4.79 Å². The second kappa shape index (κ2) is 6.32. The molecule has 0 spiro atoms. The minimum atomic E-state index is -0.191. The Hall–Kier alpha value is -2.13. The highest BCUT2D eigenvalue weighted by molar-refractivity contribution is 5.94. The van der Waals surface area contributed by atoms with Crippen LogP contribution in [0.1, 0.15) is 40.7 Å². The molecular weight excluding hydrogens is 274 g/mol. The predicted octanol–water partition coefficient (Wildman–Crippen LogP) is 3.64. The molecule has 1 aliphatic carbocycles. The lowest BCUT2D eigenvalue weighted by Gasteiger charge is -2.43. The third kappa shape index (κ3) is 2.90. The standard InChI is InChI=1S/C19H21NO2/c1-22-14-15-8-10-16(11-9-15)18(21)20-19(12-5-13-19)17-6-3-2-4-7-17/h2-4,6-11H,5,12-14H2,1H3,(H,20,21). The van der Waals surface area contributed by atoms with Gasteiger partial charge in [0.2, 0.25) is 0 Å². The molecule has 2 aromatic rings. The van der Waals surface area contributed by atoms with E-state index in [1.165, 1.54) is 5.56 Å². The van der Waals surface area contributed by atoms with Gasteiger partial charge in [0.15, 0.2) is 0 Å². The molecule has 0 aromatic heterocycles. The number of hydrogen-bond donors (Lipinski definition) is 1. The molecule has 0 radical (unpaired) electrons. The van der Waals surface area contributed by atoms with Crippen molar-refractivity contribution in [3.63, 3.8) is 0 Å². The Morgan fingerprint density at radius 2 is 1.77 bits per heavy atom. The first kappa shape index (κ1) is 14.8. The van der Waals surface area contributed by atoms with Crippen LogP contribution in [0.5, 0.6) is 0 Å². The lowest BCUT2D eigenvalue weighted by molar-refractivity contribution is 0.0823. The van der Waals surface area contributed by atoms with E-state index in [1.54, 1.807) is 7.11 Å². The molecule has 0 heterocycles. The molecule has 1 aliphatic rings. The van der Waals surface area contributed by atoms with Gasteiger partial charge >= 0.3 is 0 Å². The molecule has 0 bridgehead atoms. The number of benzene rings is 2. The molecular formula is C19H21NO2. The molecule has 114 valence electrons. The zero-order valence-electron chi connectivity index (χ0n) is 12.8. The minimum absolute atomic E-state index is 0.00693. The molecule has 2 aromatic carbocycles. The highest BCUT2D eigenvalue weighted by atomic mass is 16.5. The summed E-state index contributed by atoms with van der Waals surface area (Å²) in [6.07, 6.45) is 3.16. The molecule has 3 rings (SSSR count). The van der Waals surface area contributed by atoms with Crippen molar-refractivity contribution >= 4 is 5.91 Å². The van der Waals surface area contributed by atoms with Crippen LogP contribution in [0.15, 0.2) is 54.6 Å². The third-order valence-corrected chi connectivity index (χ3v) is 4.41. The van der Waals surface area contributed by atoms with E-state index in [0.717, 1.165) is 24.8 Å². The van der Waals surface area contributed by atoms with Crippen LogP contribution in [-0.4, -0.2) is 13.0 Å². The molecule has 3 heteroatoms. The maximum Gasteiger partial charge on any atom is 0.251 e.